The Labute approximate surface area is 118 Å². The fraction of sp³-hybridized carbons (Fsp3) is 0.500. The molecule has 2 N–H and O–H groups in total. The fourth-order valence-corrected chi connectivity index (χ4v) is 2.17. The summed E-state index contributed by atoms with van der Waals surface area (Å²) in [6.07, 6.45) is 0. The van der Waals surface area contributed by atoms with E-state index in [1.54, 1.807) is 25.7 Å². The minimum atomic E-state index is -1.09. The number of carbonyl (C=O) groups is 2. The second-order valence-corrected chi connectivity index (χ2v) is 4.80. The van der Waals surface area contributed by atoms with Crippen LogP contribution in [0.3, 0.4) is 0 Å². The predicted molar refractivity (Wildman–Crippen MR) is 73.6 cm³/mol. The zero-order valence-electron chi connectivity index (χ0n) is 12.1. The molecule has 0 aromatic carbocycles. The van der Waals surface area contributed by atoms with Crippen molar-refractivity contribution in [2.24, 2.45) is 5.92 Å². The average molecular weight is 277 g/mol. The number of carbonyl (C=O) groups excluding carboxylic acids is 1. The minimum Gasteiger partial charge on any atom is -0.477 e. The molecule has 0 aliphatic heterocycles. The lowest BCUT2D eigenvalue weighted by Crippen LogP contribution is -2.34. The van der Waals surface area contributed by atoms with Crippen LogP contribution in [0.5, 0.6) is 0 Å². The quantitative estimate of drug-likeness (QED) is 0.859. The van der Waals surface area contributed by atoms with E-state index in [1.165, 1.54) is 0 Å². The highest BCUT2D eigenvalue weighted by Gasteiger charge is 2.25. The molecular weight excluding hydrogens is 258 g/mol. The molecular formula is C14H19N3O3. The van der Waals surface area contributed by atoms with Gasteiger partial charge in [0.15, 0.2) is 0 Å². The van der Waals surface area contributed by atoms with Crippen molar-refractivity contribution in [2.75, 3.05) is 13.1 Å². The fourth-order valence-electron chi connectivity index (χ4n) is 2.17. The second-order valence-electron chi connectivity index (χ2n) is 4.80. The molecule has 108 valence electrons. The molecule has 1 heterocycles. The molecule has 0 spiro atoms. The van der Waals surface area contributed by atoms with Gasteiger partial charge in [-0.15, -0.1) is 0 Å². The van der Waals surface area contributed by atoms with Crippen molar-refractivity contribution in [3.05, 3.63) is 22.5 Å². The number of carboxylic acid groups (broad SMARTS) is 1. The van der Waals surface area contributed by atoms with Gasteiger partial charge in [0, 0.05) is 18.8 Å². The van der Waals surface area contributed by atoms with Gasteiger partial charge in [-0.25, -0.2) is 4.79 Å². The van der Waals surface area contributed by atoms with Gasteiger partial charge in [-0.3, -0.25) is 4.79 Å². The van der Waals surface area contributed by atoms with Crippen LogP contribution in [0.4, 0.5) is 0 Å². The SMILES string of the molecule is CCN(CC(C)C#N)C(=O)c1c(C)[nH]c(C(=O)O)c1C. The number of carboxylic acids is 1. The molecule has 1 rings (SSSR count). The summed E-state index contributed by atoms with van der Waals surface area (Å²) >= 11 is 0. The standard InChI is InChI=1S/C14H19N3O3/c1-5-17(7-8(2)6-15)13(18)11-9(3)12(14(19)20)16-10(11)4/h8,16H,5,7H2,1-4H3,(H,19,20). The Balaban J connectivity index is 3.14. The maximum atomic E-state index is 12.5. The van der Waals surface area contributed by atoms with E-state index >= 15 is 0 Å². The molecule has 6 heteroatoms. The van der Waals surface area contributed by atoms with Gasteiger partial charge in [-0.05, 0) is 33.3 Å². The Hall–Kier alpha value is -2.29. The zero-order chi connectivity index (χ0) is 15.4. The van der Waals surface area contributed by atoms with Gasteiger partial charge >= 0.3 is 5.97 Å². The van der Waals surface area contributed by atoms with Crippen LogP contribution in [0.1, 0.15) is 46.0 Å². The van der Waals surface area contributed by atoms with Crippen LogP contribution in [-0.4, -0.2) is 40.0 Å². The smallest absolute Gasteiger partial charge is 0.352 e. The summed E-state index contributed by atoms with van der Waals surface area (Å²) in [7, 11) is 0. The van der Waals surface area contributed by atoms with Crippen molar-refractivity contribution in [1.82, 2.24) is 9.88 Å². The van der Waals surface area contributed by atoms with Crippen LogP contribution in [0, 0.1) is 31.1 Å². The first-order valence-electron chi connectivity index (χ1n) is 6.44. The number of aromatic amines is 1. The van der Waals surface area contributed by atoms with E-state index in [1.807, 2.05) is 6.92 Å². The Morgan fingerprint density at radius 1 is 1.45 bits per heavy atom. The molecule has 0 saturated heterocycles. The predicted octanol–water partition coefficient (Wildman–Crippen LogP) is 1.95. The van der Waals surface area contributed by atoms with E-state index in [0.717, 1.165) is 0 Å². The van der Waals surface area contributed by atoms with Gasteiger partial charge in [-0.2, -0.15) is 5.26 Å². The van der Waals surface area contributed by atoms with Gasteiger partial charge in [0.25, 0.3) is 5.91 Å². The van der Waals surface area contributed by atoms with Crippen LogP contribution in [-0.2, 0) is 0 Å². The first kappa shape index (κ1) is 15.8. The topological polar surface area (TPSA) is 97.2 Å². The van der Waals surface area contributed by atoms with E-state index in [4.69, 9.17) is 10.4 Å². The van der Waals surface area contributed by atoms with E-state index in [0.29, 0.717) is 29.9 Å². The molecule has 1 atom stereocenters. The van der Waals surface area contributed by atoms with Crippen LogP contribution < -0.4 is 0 Å². The van der Waals surface area contributed by atoms with Gasteiger partial charge in [0.1, 0.15) is 5.69 Å². The van der Waals surface area contributed by atoms with Crippen molar-refractivity contribution in [3.8, 4) is 6.07 Å². The summed E-state index contributed by atoms with van der Waals surface area (Å²) in [6.45, 7) is 7.67. The lowest BCUT2D eigenvalue weighted by Gasteiger charge is -2.22. The third kappa shape index (κ3) is 2.99. The van der Waals surface area contributed by atoms with Crippen molar-refractivity contribution in [2.45, 2.75) is 27.7 Å². The maximum absolute atomic E-state index is 12.5. The number of hydrogen-bond donors (Lipinski definition) is 2. The monoisotopic (exact) mass is 277 g/mol. The summed E-state index contributed by atoms with van der Waals surface area (Å²) in [5.41, 5.74) is 1.39. The largest absolute Gasteiger partial charge is 0.477 e. The molecule has 1 unspecified atom stereocenters. The van der Waals surface area contributed by atoms with Crippen molar-refractivity contribution in [1.29, 1.82) is 5.26 Å². The molecule has 0 aliphatic carbocycles. The van der Waals surface area contributed by atoms with Crippen LogP contribution in [0.15, 0.2) is 0 Å². The highest BCUT2D eigenvalue weighted by Crippen LogP contribution is 2.20. The third-order valence-corrected chi connectivity index (χ3v) is 3.25. The van der Waals surface area contributed by atoms with Crippen molar-refractivity contribution >= 4 is 11.9 Å². The molecule has 1 aromatic rings. The first-order valence-corrected chi connectivity index (χ1v) is 6.44. The number of nitrogens with one attached hydrogen (secondary N) is 1. The highest BCUT2D eigenvalue weighted by molar-refractivity contribution is 6.00. The van der Waals surface area contributed by atoms with E-state index in [-0.39, 0.29) is 17.5 Å². The minimum absolute atomic E-state index is 0.0373. The van der Waals surface area contributed by atoms with Gasteiger partial charge in [0.2, 0.25) is 0 Å². The number of aromatic carboxylic acids is 1. The van der Waals surface area contributed by atoms with Crippen molar-refractivity contribution < 1.29 is 14.7 Å². The van der Waals surface area contributed by atoms with E-state index in [2.05, 4.69) is 11.1 Å². The molecule has 0 aliphatic rings. The number of amides is 1. The van der Waals surface area contributed by atoms with Crippen LogP contribution >= 0.6 is 0 Å². The Kier molecular flexibility index (Phi) is 4.92. The Morgan fingerprint density at radius 3 is 2.45 bits per heavy atom. The molecule has 6 nitrogen and oxygen atoms in total. The number of nitrogens with zero attached hydrogens (tertiary/aromatic N) is 2. The Bertz CT molecular complexity index is 569. The van der Waals surface area contributed by atoms with E-state index < -0.39 is 5.97 Å². The molecule has 0 saturated carbocycles. The zero-order valence-corrected chi connectivity index (χ0v) is 12.1. The van der Waals surface area contributed by atoms with Gasteiger partial charge < -0.3 is 15.0 Å². The van der Waals surface area contributed by atoms with Crippen molar-refractivity contribution in [3.63, 3.8) is 0 Å². The summed E-state index contributed by atoms with van der Waals surface area (Å²) in [4.78, 5) is 27.9. The number of nitriles is 1. The molecule has 0 bridgehead atoms. The van der Waals surface area contributed by atoms with Gasteiger partial charge in [0.05, 0.1) is 17.6 Å². The normalized spacial score (nSPS) is 11.8. The molecule has 0 fully saturated rings. The number of rotatable bonds is 5. The van der Waals surface area contributed by atoms with Gasteiger partial charge in [-0.1, -0.05) is 0 Å². The lowest BCUT2D eigenvalue weighted by atomic mass is 10.1. The Morgan fingerprint density at radius 2 is 2.05 bits per heavy atom. The van der Waals surface area contributed by atoms with Crippen LogP contribution in [0.2, 0.25) is 0 Å². The summed E-state index contributed by atoms with van der Waals surface area (Å²) in [5, 5.41) is 17.9. The number of H-pyrrole nitrogens is 1. The summed E-state index contributed by atoms with van der Waals surface area (Å²) < 4.78 is 0. The average Bonchev–Trinajstić information content (AvgIpc) is 2.70. The number of aryl methyl sites for hydroxylation is 1. The number of hydrogen-bond acceptors (Lipinski definition) is 3. The number of aromatic nitrogens is 1. The molecule has 1 amide bonds. The lowest BCUT2D eigenvalue weighted by molar-refractivity contribution is 0.0690. The highest BCUT2D eigenvalue weighted by atomic mass is 16.4. The molecule has 1 aromatic heterocycles. The maximum Gasteiger partial charge on any atom is 0.352 e. The molecule has 20 heavy (non-hydrogen) atoms. The second kappa shape index (κ2) is 6.24. The summed E-state index contributed by atoms with van der Waals surface area (Å²) in [5.74, 6) is -1.59. The third-order valence-electron chi connectivity index (χ3n) is 3.25. The molecule has 0 radical (unpaired) electrons. The first-order chi connectivity index (χ1) is 9.33. The summed E-state index contributed by atoms with van der Waals surface area (Å²) in [6, 6.07) is 2.09. The van der Waals surface area contributed by atoms with Crippen LogP contribution in [0.25, 0.3) is 0 Å². The van der Waals surface area contributed by atoms with E-state index in [9.17, 15) is 9.59 Å².